The Morgan fingerprint density at radius 1 is 0.388 bits per heavy atom. The van der Waals surface area contributed by atoms with Crippen LogP contribution in [0.2, 0.25) is 0 Å². The molecule has 0 N–H and O–H groups in total. The number of rotatable bonds is 0. The second kappa shape index (κ2) is 17.7. The molecule has 0 fully saturated rings. The molecule has 240 valence electrons. The number of benzene rings is 2. The summed E-state index contributed by atoms with van der Waals surface area (Å²) < 4.78 is 0. The third kappa shape index (κ3) is 8.40. The van der Waals surface area contributed by atoms with Gasteiger partial charge in [0.25, 0.3) is 0 Å². The first-order valence-electron chi connectivity index (χ1n) is 14.7. The molecule has 0 amide bonds. The van der Waals surface area contributed by atoms with Crippen molar-refractivity contribution in [3.8, 4) is 0 Å². The molecule has 6 aliphatic rings. The zero-order valence-electron chi connectivity index (χ0n) is 25.7. The Morgan fingerprint density at radius 3 is 1.02 bits per heavy atom. The van der Waals surface area contributed by atoms with Crippen LogP contribution in [-0.2, 0) is 19.5 Å². The van der Waals surface area contributed by atoms with E-state index in [-0.39, 0.29) is 44.3 Å². The van der Waals surface area contributed by atoms with E-state index in [4.69, 9.17) is 9.97 Å². The number of fused-ring (bicyclic) bond motifs is 7. The van der Waals surface area contributed by atoms with Crippen molar-refractivity contribution < 1.29 is 44.3 Å². The first-order chi connectivity index (χ1) is 22.8. The summed E-state index contributed by atoms with van der Waals surface area (Å²) in [5.41, 5.74) is 8.94. The predicted molar refractivity (Wildman–Crippen MR) is 190 cm³/mol. The summed E-state index contributed by atoms with van der Waals surface area (Å²) in [6, 6.07) is 7.92. The van der Waals surface area contributed by atoms with Gasteiger partial charge < -0.3 is 56.7 Å². The van der Waals surface area contributed by atoms with E-state index >= 15 is 0 Å². The van der Waals surface area contributed by atoms with Gasteiger partial charge in [-0.2, -0.15) is 60.0 Å². The van der Waals surface area contributed by atoms with E-state index in [1.807, 2.05) is 121 Å². The molecule has 0 spiro atoms. The molecule has 9 rings (SSSR count). The molecular formula is C38H26Cl2N8Ru. The Balaban J connectivity index is 0.000000173. The maximum Gasteiger partial charge on any atom is 8.00 e. The Hall–Kier alpha value is -5.34. The number of para-hydroxylation sites is 2. The van der Waals surface area contributed by atoms with Crippen molar-refractivity contribution >= 4 is 45.6 Å². The van der Waals surface area contributed by atoms with Gasteiger partial charge in [-0.15, -0.1) is 11.4 Å². The number of hydrogen-bond donors (Lipinski definition) is 0. The van der Waals surface area contributed by atoms with Crippen LogP contribution in [0, 0.1) is 0 Å². The Morgan fingerprint density at radius 2 is 0.714 bits per heavy atom. The second-order valence-electron chi connectivity index (χ2n) is 10.1. The summed E-state index contributed by atoms with van der Waals surface area (Å²) in [7, 11) is 0. The van der Waals surface area contributed by atoms with E-state index in [0.29, 0.717) is 0 Å². The van der Waals surface area contributed by atoms with Crippen LogP contribution in [-0.4, -0.2) is 9.97 Å². The molecule has 3 aromatic rings. The van der Waals surface area contributed by atoms with Gasteiger partial charge in [0, 0.05) is 0 Å². The molecule has 2 aromatic carbocycles. The first kappa shape index (κ1) is 36.5. The van der Waals surface area contributed by atoms with E-state index < -0.39 is 0 Å². The molecule has 0 unspecified atom stereocenters. The quantitative estimate of drug-likeness (QED) is 0.258. The van der Waals surface area contributed by atoms with Crippen LogP contribution in [0.15, 0.2) is 169 Å². The van der Waals surface area contributed by atoms with Crippen molar-refractivity contribution in [3.63, 3.8) is 0 Å². The topological polar surface area (TPSA) is 110 Å². The van der Waals surface area contributed by atoms with Crippen LogP contribution in [0.1, 0.15) is 0 Å². The fourth-order valence-electron chi connectivity index (χ4n) is 5.00. The second-order valence-corrected chi connectivity index (χ2v) is 10.1. The zero-order valence-corrected chi connectivity index (χ0v) is 28.9. The van der Waals surface area contributed by atoms with Crippen LogP contribution in [0.4, 0.5) is 11.4 Å². The normalized spacial score (nSPS) is 18.9. The van der Waals surface area contributed by atoms with Gasteiger partial charge in [-0.05, 0) is 22.6 Å². The molecule has 8 nitrogen and oxygen atoms in total. The molecular weight excluding hydrogens is 740 g/mol. The number of aromatic nitrogens is 2. The van der Waals surface area contributed by atoms with Crippen molar-refractivity contribution in [2.24, 2.45) is 0 Å². The Labute approximate surface area is 310 Å². The number of allylic oxidation sites excluding steroid dienone is 14. The minimum Gasteiger partial charge on any atom is -1.00 e. The van der Waals surface area contributed by atoms with Gasteiger partial charge in [-0.25, -0.2) is 9.97 Å². The molecule has 0 saturated carbocycles. The van der Waals surface area contributed by atoms with Crippen LogP contribution in [0.5, 0.6) is 0 Å². The maximum absolute atomic E-state index is 4.83. The fourth-order valence-corrected chi connectivity index (χ4v) is 5.00. The van der Waals surface area contributed by atoms with Crippen molar-refractivity contribution in [1.29, 1.82) is 0 Å². The monoisotopic (exact) mass is 766 g/mol. The van der Waals surface area contributed by atoms with E-state index in [9.17, 15) is 0 Å². The molecule has 0 bridgehead atoms. The summed E-state index contributed by atoms with van der Waals surface area (Å²) in [6.07, 6.45) is 41.7. The average molecular weight is 767 g/mol. The average Bonchev–Trinajstić information content (AvgIpc) is 3.16. The van der Waals surface area contributed by atoms with Crippen LogP contribution in [0.3, 0.4) is 0 Å². The van der Waals surface area contributed by atoms with Gasteiger partial charge in [-0.1, -0.05) is 109 Å². The summed E-state index contributed by atoms with van der Waals surface area (Å²) in [4.78, 5) is 9.65. The molecule has 49 heavy (non-hydrogen) atoms. The van der Waals surface area contributed by atoms with Crippen molar-refractivity contribution in [2.45, 2.75) is 0 Å². The molecule has 0 atom stereocenters. The zero-order chi connectivity index (χ0) is 31.0. The summed E-state index contributed by atoms with van der Waals surface area (Å²) >= 11 is 0. The van der Waals surface area contributed by atoms with Gasteiger partial charge in [0.2, 0.25) is 0 Å². The van der Waals surface area contributed by atoms with Gasteiger partial charge >= 0.3 is 19.5 Å². The van der Waals surface area contributed by atoms with E-state index in [1.54, 1.807) is 37.2 Å². The standard InChI is InChI=1S/C18H10N4.2C10H8N2.2ClH.Ru/c1-2-8-14-13(7-1)21-17-11-5-3-9-19-15(11)16-12(18(17)22-14)6-4-10-20-16;2*1-3-7-11-9(5-1)10-6-2-4-8-12-10;;;/h1-10H;2*1-8H;2*1H;/q3*-2;;;+8/p-2. The minimum atomic E-state index is 0. The van der Waals surface area contributed by atoms with Crippen molar-refractivity contribution in [1.82, 2.24) is 9.97 Å². The molecule has 6 aliphatic heterocycles. The Kier molecular flexibility index (Phi) is 13.2. The number of nitrogens with zero attached hydrogens (tertiary/aromatic N) is 8. The van der Waals surface area contributed by atoms with Crippen molar-refractivity contribution in [2.75, 3.05) is 0 Å². The summed E-state index contributed by atoms with van der Waals surface area (Å²) in [6.45, 7) is 0. The smallest absolute Gasteiger partial charge is 1.00 e. The predicted octanol–water partition coefficient (Wildman–Crippen LogP) is 3.64. The summed E-state index contributed by atoms with van der Waals surface area (Å²) in [5, 5.41) is 27.7. The molecule has 0 saturated heterocycles. The Bertz CT molecular complexity index is 2000. The number of hydrogen-bond acceptors (Lipinski definition) is 2. The fraction of sp³-hybridized carbons (Fsp3) is 0. The van der Waals surface area contributed by atoms with Gasteiger partial charge in [0.1, 0.15) is 0 Å². The maximum atomic E-state index is 4.83. The number of halogens is 2. The van der Waals surface area contributed by atoms with Crippen LogP contribution < -0.4 is 35.3 Å². The van der Waals surface area contributed by atoms with Gasteiger partial charge in [0.05, 0.1) is 22.1 Å². The van der Waals surface area contributed by atoms with E-state index in [2.05, 4.69) is 31.9 Å². The van der Waals surface area contributed by atoms with Gasteiger partial charge in [-0.3, -0.25) is 0 Å². The molecule has 7 heterocycles. The molecule has 11 heteroatoms. The molecule has 1 aromatic heterocycles. The minimum absolute atomic E-state index is 0. The van der Waals surface area contributed by atoms with E-state index in [0.717, 1.165) is 66.7 Å². The van der Waals surface area contributed by atoms with Crippen LogP contribution in [0.25, 0.3) is 66.1 Å². The third-order valence-corrected chi connectivity index (χ3v) is 7.10. The first-order valence-corrected chi connectivity index (χ1v) is 14.7. The SMILES string of the molecule is C1=C[N-]C(=C2C=CC=C[N-]2)C=C1.C1=C[N-]C(=C2C=CC=C[N-]2)C=C1.C1=C[N-]c2c3c(c4nc5ccccc5nc4c2=C1)=CC=C[N-]3.[Cl-].[Cl-].[Ru+8]. The van der Waals surface area contributed by atoms with Gasteiger partial charge in [0.15, 0.2) is 0 Å². The van der Waals surface area contributed by atoms with Crippen molar-refractivity contribution in [3.05, 3.63) is 212 Å². The molecule has 0 aliphatic carbocycles. The van der Waals surface area contributed by atoms with Crippen LogP contribution >= 0.6 is 0 Å². The molecule has 0 radical (unpaired) electrons. The summed E-state index contributed by atoms with van der Waals surface area (Å²) in [5.74, 6) is 0. The largest absolute Gasteiger partial charge is 8.00 e. The van der Waals surface area contributed by atoms with E-state index in [1.165, 1.54) is 0 Å². The third-order valence-electron chi connectivity index (χ3n) is 7.10.